The molecule has 156 valence electrons. The van der Waals surface area contributed by atoms with Crippen LogP contribution in [0.2, 0.25) is 0 Å². The van der Waals surface area contributed by atoms with Crippen LogP contribution in [-0.4, -0.2) is 47.1 Å². The van der Waals surface area contributed by atoms with E-state index in [1.807, 2.05) is 53.3 Å². The molecule has 0 spiro atoms. The number of morpholine rings is 1. The van der Waals surface area contributed by atoms with Crippen LogP contribution in [0.25, 0.3) is 16.9 Å². The van der Waals surface area contributed by atoms with Crippen molar-refractivity contribution < 1.29 is 4.74 Å². The van der Waals surface area contributed by atoms with E-state index in [0.29, 0.717) is 13.2 Å². The standard InChI is InChI=1S/C24H24N6O/c1-18-6-5-7-19(14-18)16-26-27-21-15-23(29-10-12-31-13-11-29)28-30-22(17-25-24(21)30)20-8-3-2-4-9-20/h2-9,14-17,27H,10-13H2,1H3. The van der Waals surface area contributed by atoms with E-state index in [1.165, 1.54) is 5.56 Å². The average molecular weight is 412 g/mol. The van der Waals surface area contributed by atoms with Crippen LogP contribution in [0.1, 0.15) is 11.1 Å². The van der Waals surface area contributed by atoms with Gasteiger partial charge in [0, 0.05) is 24.7 Å². The Bertz CT molecular complexity index is 1210. The number of imidazole rings is 1. The maximum atomic E-state index is 5.51. The van der Waals surface area contributed by atoms with Gasteiger partial charge in [-0.05, 0) is 12.5 Å². The summed E-state index contributed by atoms with van der Waals surface area (Å²) in [4.78, 5) is 6.87. The van der Waals surface area contributed by atoms with Gasteiger partial charge in [-0.25, -0.2) is 9.50 Å². The SMILES string of the molecule is Cc1cccc(C=NNc2cc(N3CCOCC3)nn3c(-c4ccccc4)cnc23)c1. The van der Waals surface area contributed by atoms with Gasteiger partial charge in [0.1, 0.15) is 5.69 Å². The lowest BCUT2D eigenvalue weighted by Gasteiger charge is -2.28. The van der Waals surface area contributed by atoms with E-state index in [2.05, 4.69) is 51.6 Å². The fraction of sp³-hybridized carbons (Fsp3) is 0.208. The van der Waals surface area contributed by atoms with Crippen LogP contribution in [0.15, 0.2) is 72.0 Å². The Morgan fingerprint density at radius 2 is 1.87 bits per heavy atom. The van der Waals surface area contributed by atoms with Gasteiger partial charge in [-0.15, -0.1) is 5.10 Å². The van der Waals surface area contributed by atoms with Crippen molar-refractivity contribution in [1.82, 2.24) is 14.6 Å². The molecule has 2 aromatic heterocycles. The van der Waals surface area contributed by atoms with E-state index in [9.17, 15) is 0 Å². The molecule has 0 radical (unpaired) electrons. The highest BCUT2D eigenvalue weighted by atomic mass is 16.5. The molecular weight excluding hydrogens is 388 g/mol. The van der Waals surface area contributed by atoms with Gasteiger partial charge in [0.2, 0.25) is 0 Å². The Morgan fingerprint density at radius 1 is 1.03 bits per heavy atom. The third-order valence-corrected chi connectivity index (χ3v) is 5.30. The van der Waals surface area contributed by atoms with E-state index in [4.69, 9.17) is 9.84 Å². The first-order valence-electron chi connectivity index (χ1n) is 10.4. The highest BCUT2D eigenvalue weighted by Crippen LogP contribution is 2.27. The van der Waals surface area contributed by atoms with Gasteiger partial charge >= 0.3 is 0 Å². The molecule has 1 aliphatic rings. The molecular formula is C24H24N6O. The second-order valence-corrected chi connectivity index (χ2v) is 7.54. The molecule has 3 heterocycles. The summed E-state index contributed by atoms with van der Waals surface area (Å²) >= 11 is 0. The molecule has 31 heavy (non-hydrogen) atoms. The number of hydrazone groups is 1. The maximum Gasteiger partial charge on any atom is 0.179 e. The number of rotatable bonds is 5. The van der Waals surface area contributed by atoms with E-state index >= 15 is 0 Å². The van der Waals surface area contributed by atoms with E-state index in [1.54, 1.807) is 0 Å². The number of hydrogen-bond donors (Lipinski definition) is 1. The summed E-state index contributed by atoms with van der Waals surface area (Å²) in [5, 5.41) is 9.38. The molecule has 4 aromatic rings. The van der Waals surface area contributed by atoms with Crippen molar-refractivity contribution in [2.45, 2.75) is 6.92 Å². The maximum absolute atomic E-state index is 5.51. The molecule has 0 saturated carbocycles. The summed E-state index contributed by atoms with van der Waals surface area (Å²) < 4.78 is 7.41. The lowest BCUT2D eigenvalue weighted by Crippen LogP contribution is -2.37. The molecule has 1 N–H and O–H groups in total. The zero-order chi connectivity index (χ0) is 21.0. The minimum absolute atomic E-state index is 0.698. The van der Waals surface area contributed by atoms with Crippen LogP contribution < -0.4 is 10.3 Å². The quantitative estimate of drug-likeness (QED) is 0.397. The van der Waals surface area contributed by atoms with Crippen molar-refractivity contribution >= 4 is 23.4 Å². The van der Waals surface area contributed by atoms with Crippen LogP contribution in [0, 0.1) is 6.92 Å². The van der Waals surface area contributed by atoms with Gasteiger partial charge in [0.05, 0.1) is 31.3 Å². The van der Waals surface area contributed by atoms with Crippen LogP contribution in [-0.2, 0) is 4.74 Å². The van der Waals surface area contributed by atoms with Crippen molar-refractivity contribution in [1.29, 1.82) is 0 Å². The Hall–Kier alpha value is -3.71. The number of benzene rings is 2. The van der Waals surface area contributed by atoms with Gasteiger partial charge in [-0.1, -0.05) is 60.2 Å². The largest absolute Gasteiger partial charge is 0.378 e. The second-order valence-electron chi connectivity index (χ2n) is 7.54. The number of aryl methyl sites for hydroxylation is 1. The summed E-state index contributed by atoms with van der Waals surface area (Å²) in [5.74, 6) is 0.874. The van der Waals surface area contributed by atoms with Crippen molar-refractivity contribution in [3.8, 4) is 11.3 Å². The zero-order valence-electron chi connectivity index (χ0n) is 17.4. The van der Waals surface area contributed by atoms with Gasteiger partial charge < -0.3 is 9.64 Å². The molecule has 1 aliphatic heterocycles. The first-order chi connectivity index (χ1) is 15.3. The van der Waals surface area contributed by atoms with Gasteiger partial charge in [-0.3, -0.25) is 5.43 Å². The fourth-order valence-corrected chi connectivity index (χ4v) is 3.72. The van der Waals surface area contributed by atoms with Crippen LogP contribution in [0.5, 0.6) is 0 Å². The molecule has 0 aliphatic carbocycles. The summed E-state index contributed by atoms with van der Waals surface area (Å²) in [7, 11) is 0. The topological polar surface area (TPSA) is 67.0 Å². The van der Waals surface area contributed by atoms with Crippen molar-refractivity contribution in [2.75, 3.05) is 36.6 Å². The Balaban J connectivity index is 1.54. The Kier molecular flexibility index (Phi) is 5.33. The zero-order valence-corrected chi connectivity index (χ0v) is 17.4. The highest BCUT2D eigenvalue weighted by Gasteiger charge is 2.18. The third-order valence-electron chi connectivity index (χ3n) is 5.30. The minimum Gasteiger partial charge on any atom is -0.378 e. The van der Waals surface area contributed by atoms with E-state index < -0.39 is 0 Å². The van der Waals surface area contributed by atoms with Gasteiger partial charge in [-0.2, -0.15) is 5.10 Å². The molecule has 0 atom stereocenters. The molecule has 0 amide bonds. The fourth-order valence-electron chi connectivity index (χ4n) is 3.72. The minimum atomic E-state index is 0.698. The molecule has 0 bridgehead atoms. The molecule has 7 nitrogen and oxygen atoms in total. The predicted octanol–water partition coefficient (Wildman–Crippen LogP) is 3.99. The number of hydrogen-bond acceptors (Lipinski definition) is 6. The van der Waals surface area contributed by atoms with E-state index in [-0.39, 0.29) is 0 Å². The smallest absolute Gasteiger partial charge is 0.179 e. The van der Waals surface area contributed by atoms with Gasteiger partial charge in [0.15, 0.2) is 11.5 Å². The van der Waals surface area contributed by atoms with E-state index in [0.717, 1.165) is 47.1 Å². The molecule has 5 rings (SSSR count). The lowest BCUT2D eigenvalue weighted by atomic mass is 10.2. The molecule has 0 unspecified atom stereocenters. The number of ether oxygens (including phenoxy) is 1. The van der Waals surface area contributed by atoms with Crippen LogP contribution in [0.4, 0.5) is 11.5 Å². The number of fused-ring (bicyclic) bond motifs is 1. The monoisotopic (exact) mass is 412 g/mol. The number of aromatic nitrogens is 3. The average Bonchev–Trinajstić information content (AvgIpc) is 3.24. The third kappa shape index (κ3) is 4.13. The van der Waals surface area contributed by atoms with Crippen LogP contribution in [0.3, 0.4) is 0 Å². The summed E-state index contributed by atoms with van der Waals surface area (Å²) in [5.41, 5.74) is 8.98. The molecule has 1 fully saturated rings. The lowest BCUT2D eigenvalue weighted by molar-refractivity contribution is 0.122. The first-order valence-corrected chi connectivity index (χ1v) is 10.4. The van der Waals surface area contributed by atoms with Crippen molar-refractivity contribution in [2.24, 2.45) is 5.10 Å². The Morgan fingerprint density at radius 3 is 2.68 bits per heavy atom. The normalized spacial score (nSPS) is 14.4. The number of nitrogens with one attached hydrogen (secondary N) is 1. The molecule has 2 aromatic carbocycles. The number of nitrogens with zero attached hydrogens (tertiary/aromatic N) is 5. The summed E-state index contributed by atoms with van der Waals surface area (Å²) in [6.07, 6.45) is 3.68. The predicted molar refractivity (Wildman–Crippen MR) is 124 cm³/mol. The first kappa shape index (κ1) is 19.3. The van der Waals surface area contributed by atoms with Crippen LogP contribution >= 0.6 is 0 Å². The molecule has 1 saturated heterocycles. The van der Waals surface area contributed by atoms with Gasteiger partial charge in [0.25, 0.3) is 0 Å². The summed E-state index contributed by atoms with van der Waals surface area (Å²) in [6.45, 7) is 5.08. The Labute approximate surface area is 181 Å². The highest BCUT2D eigenvalue weighted by molar-refractivity contribution is 5.82. The molecule has 7 heteroatoms. The number of anilines is 2. The second kappa shape index (κ2) is 8.57. The van der Waals surface area contributed by atoms with Crippen molar-refractivity contribution in [3.05, 3.63) is 78.0 Å². The summed E-state index contributed by atoms with van der Waals surface area (Å²) in [6, 6.07) is 20.4. The van der Waals surface area contributed by atoms with Crippen molar-refractivity contribution in [3.63, 3.8) is 0 Å².